The number of carbonyl (C=O) groups excluding carboxylic acids is 3. The maximum atomic E-state index is 13.5. The molecule has 40 heavy (non-hydrogen) atoms. The Morgan fingerprint density at radius 1 is 1.02 bits per heavy atom. The Hall–Kier alpha value is -3.43. The number of hydrogen-bond acceptors (Lipinski definition) is 7. The molecule has 0 radical (unpaired) electrons. The summed E-state index contributed by atoms with van der Waals surface area (Å²) < 4.78 is 10.7. The van der Waals surface area contributed by atoms with Crippen LogP contribution in [-0.4, -0.2) is 80.6 Å². The molecule has 2 heterocycles. The van der Waals surface area contributed by atoms with Gasteiger partial charge in [-0.3, -0.25) is 9.59 Å². The van der Waals surface area contributed by atoms with Gasteiger partial charge in [-0.2, -0.15) is 0 Å². The zero-order chi connectivity index (χ0) is 29.0. The minimum atomic E-state index is -0.545. The number of hydrogen-bond donors (Lipinski definition) is 1. The molecule has 1 fully saturated rings. The second kappa shape index (κ2) is 12.4. The molecule has 216 valence electrons. The molecular weight excluding hydrogens is 508 g/mol. The first-order chi connectivity index (χ1) is 19.0. The van der Waals surface area contributed by atoms with Crippen LogP contribution in [0.2, 0.25) is 0 Å². The number of anilines is 1. The van der Waals surface area contributed by atoms with E-state index < -0.39 is 17.3 Å². The van der Waals surface area contributed by atoms with Crippen LogP contribution >= 0.6 is 0 Å². The predicted octanol–water partition coefficient (Wildman–Crippen LogP) is 4.19. The maximum Gasteiger partial charge on any atom is 0.410 e. The van der Waals surface area contributed by atoms with E-state index in [0.717, 1.165) is 48.4 Å². The number of nitrogens with one attached hydrogen (secondary N) is 1. The lowest BCUT2D eigenvalue weighted by molar-refractivity contribution is -0.114. The third-order valence-electron chi connectivity index (χ3n) is 7.48. The van der Waals surface area contributed by atoms with Crippen molar-refractivity contribution < 1.29 is 23.9 Å². The molecular formula is C31H42N4O5. The molecule has 2 amide bonds. The molecule has 0 aromatic heterocycles. The summed E-state index contributed by atoms with van der Waals surface area (Å²) in [5.74, 6) is 0.0330. The number of ketones is 1. The molecule has 9 heteroatoms. The van der Waals surface area contributed by atoms with Crippen LogP contribution in [0.15, 0.2) is 36.4 Å². The summed E-state index contributed by atoms with van der Waals surface area (Å²) in [4.78, 5) is 44.5. The summed E-state index contributed by atoms with van der Waals surface area (Å²) >= 11 is 0. The van der Waals surface area contributed by atoms with Gasteiger partial charge in [0.1, 0.15) is 11.4 Å². The molecule has 2 aliphatic rings. The number of ether oxygens (including phenoxy) is 2. The van der Waals surface area contributed by atoms with Gasteiger partial charge in [0, 0.05) is 26.7 Å². The second-order valence-electron chi connectivity index (χ2n) is 11.8. The molecule has 0 spiro atoms. The number of rotatable bonds is 9. The molecule has 4 rings (SSSR count). The smallest absolute Gasteiger partial charge is 0.410 e. The van der Waals surface area contributed by atoms with Crippen LogP contribution in [0, 0.1) is 0 Å². The maximum absolute atomic E-state index is 13.5. The zero-order valence-electron chi connectivity index (χ0n) is 24.6. The summed E-state index contributed by atoms with van der Waals surface area (Å²) in [5, 5.41) is 3.41. The van der Waals surface area contributed by atoms with Crippen LogP contribution in [0.4, 0.5) is 10.5 Å². The van der Waals surface area contributed by atoms with Crippen LogP contribution < -0.4 is 15.0 Å². The average molecular weight is 551 g/mol. The Morgan fingerprint density at radius 3 is 2.33 bits per heavy atom. The molecule has 2 aromatic carbocycles. The lowest BCUT2D eigenvalue weighted by Crippen LogP contribution is -2.38. The molecule has 2 aromatic rings. The summed E-state index contributed by atoms with van der Waals surface area (Å²) in [7, 11) is 5.36. The number of benzene rings is 2. The van der Waals surface area contributed by atoms with Crippen molar-refractivity contribution in [2.45, 2.75) is 58.2 Å². The van der Waals surface area contributed by atoms with Gasteiger partial charge < -0.3 is 29.5 Å². The molecule has 0 saturated carbocycles. The lowest BCUT2D eigenvalue weighted by Gasteiger charge is -2.29. The Morgan fingerprint density at radius 2 is 1.70 bits per heavy atom. The number of methoxy groups -OCH3 is 1. The van der Waals surface area contributed by atoms with Gasteiger partial charge >= 0.3 is 6.09 Å². The highest BCUT2D eigenvalue weighted by Gasteiger charge is 2.40. The van der Waals surface area contributed by atoms with E-state index in [9.17, 15) is 14.4 Å². The highest BCUT2D eigenvalue weighted by molar-refractivity contribution is 6.52. The molecule has 0 bridgehead atoms. The van der Waals surface area contributed by atoms with Gasteiger partial charge in [0.2, 0.25) is 0 Å². The lowest BCUT2D eigenvalue weighted by atomic mass is 9.82. The zero-order valence-corrected chi connectivity index (χ0v) is 24.6. The first-order valence-corrected chi connectivity index (χ1v) is 14.0. The molecule has 9 nitrogen and oxygen atoms in total. The second-order valence-corrected chi connectivity index (χ2v) is 11.8. The topological polar surface area (TPSA) is 91.4 Å². The molecule has 0 unspecified atom stereocenters. The van der Waals surface area contributed by atoms with Gasteiger partial charge in [0.15, 0.2) is 0 Å². The number of carbonyl (C=O) groups is 3. The van der Waals surface area contributed by atoms with Gasteiger partial charge in [-0.05, 0) is 94.6 Å². The predicted molar refractivity (Wildman–Crippen MR) is 155 cm³/mol. The van der Waals surface area contributed by atoms with Crippen LogP contribution in [0.1, 0.15) is 66.6 Å². The van der Waals surface area contributed by atoms with E-state index in [-0.39, 0.29) is 12.0 Å². The van der Waals surface area contributed by atoms with Crippen LogP contribution in [-0.2, 0) is 22.6 Å². The first-order valence-electron chi connectivity index (χ1n) is 14.0. The Balaban J connectivity index is 1.57. The Bertz CT molecular complexity index is 1230. The third-order valence-corrected chi connectivity index (χ3v) is 7.48. The number of nitrogens with zero attached hydrogens (tertiary/aromatic N) is 3. The summed E-state index contributed by atoms with van der Waals surface area (Å²) in [6, 6.07) is 11.5. The van der Waals surface area contributed by atoms with Crippen LogP contribution in [0.25, 0.3) is 0 Å². The largest absolute Gasteiger partial charge is 0.497 e. The summed E-state index contributed by atoms with van der Waals surface area (Å²) in [6.45, 7) is 9.38. The van der Waals surface area contributed by atoms with E-state index in [0.29, 0.717) is 37.4 Å². The SMILES string of the molecule is COc1ccc(CN2C(=O)C(=O)c3c2ccc(CN(C)CCN(C)C(=O)OC(C)(C)C)c3C2CCNCC2)cc1. The van der Waals surface area contributed by atoms with E-state index in [1.54, 1.807) is 24.0 Å². The van der Waals surface area contributed by atoms with Crippen molar-refractivity contribution in [1.29, 1.82) is 0 Å². The van der Waals surface area contributed by atoms with Gasteiger partial charge in [-0.1, -0.05) is 18.2 Å². The number of fused-ring (bicyclic) bond motifs is 1. The average Bonchev–Trinajstić information content (AvgIpc) is 3.16. The van der Waals surface area contributed by atoms with E-state index in [2.05, 4.69) is 16.3 Å². The van der Waals surface area contributed by atoms with E-state index >= 15 is 0 Å². The number of amides is 2. The molecule has 1 saturated heterocycles. The highest BCUT2D eigenvalue weighted by Crippen LogP contribution is 2.41. The Kier molecular flexibility index (Phi) is 9.15. The van der Waals surface area contributed by atoms with Crippen molar-refractivity contribution in [1.82, 2.24) is 15.1 Å². The van der Waals surface area contributed by atoms with Crippen molar-refractivity contribution in [2.24, 2.45) is 0 Å². The van der Waals surface area contributed by atoms with Crippen LogP contribution in [0.5, 0.6) is 5.75 Å². The highest BCUT2D eigenvalue weighted by atomic mass is 16.6. The number of Topliss-reactive ketones (excluding diaryl/α,β-unsaturated/α-hetero) is 1. The standard InChI is InChI=1S/C31H42N4O5/c1-31(2,3)40-30(38)34(5)18-17-33(4)20-23-9-12-25-27(26(23)22-13-15-32-16-14-22)28(36)29(37)35(25)19-21-7-10-24(39-6)11-8-21/h7-12,22,32H,13-20H2,1-6H3. The number of likely N-dealkylation sites (N-methyl/N-ethyl adjacent to an activating group) is 2. The summed E-state index contributed by atoms with van der Waals surface area (Å²) in [5.41, 5.74) is 3.69. The normalized spacial score (nSPS) is 15.9. The minimum Gasteiger partial charge on any atom is -0.497 e. The van der Waals surface area contributed by atoms with Crippen LogP contribution in [0.3, 0.4) is 0 Å². The molecule has 2 aliphatic heterocycles. The van der Waals surface area contributed by atoms with Crippen molar-refractivity contribution in [3.8, 4) is 5.75 Å². The molecule has 1 N–H and O–H groups in total. The third kappa shape index (κ3) is 6.82. The summed E-state index contributed by atoms with van der Waals surface area (Å²) in [6.07, 6.45) is 1.47. The van der Waals surface area contributed by atoms with Crippen molar-refractivity contribution >= 4 is 23.5 Å². The minimum absolute atomic E-state index is 0.196. The van der Waals surface area contributed by atoms with E-state index in [4.69, 9.17) is 9.47 Å². The molecule has 0 atom stereocenters. The van der Waals surface area contributed by atoms with E-state index in [1.165, 1.54) is 0 Å². The number of piperidine rings is 1. The quantitative estimate of drug-likeness (QED) is 0.468. The van der Waals surface area contributed by atoms with Gasteiger partial charge in [-0.25, -0.2) is 4.79 Å². The fourth-order valence-electron chi connectivity index (χ4n) is 5.36. The van der Waals surface area contributed by atoms with Gasteiger partial charge in [-0.15, -0.1) is 0 Å². The fourth-order valence-corrected chi connectivity index (χ4v) is 5.36. The van der Waals surface area contributed by atoms with Gasteiger partial charge in [0.25, 0.3) is 11.7 Å². The van der Waals surface area contributed by atoms with E-state index in [1.807, 2.05) is 58.2 Å². The first kappa shape index (κ1) is 29.6. The van der Waals surface area contributed by atoms with Crippen molar-refractivity contribution in [3.63, 3.8) is 0 Å². The molecule has 0 aliphatic carbocycles. The Labute approximate surface area is 237 Å². The monoisotopic (exact) mass is 550 g/mol. The van der Waals surface area contributed by atoms with Crippen molar-refractivity contribution in [3.05, 3.63) is 58.7 Å². The van der Waals surface area contributed by atoms with Gasteiger partial charge in [0.05, 0.1) is 24.9 Å². The van der Waals surface area contributed by atoms with Crippen molar-refractivity contribution in [2.75, 3.05) is 52.3 Å². The fraction of sp³-hybridized carbons (Fsp3) is 0.516.